The first-order chi connectivity index (χ1) is 10.3. The topological polar surface area (TPSA) is 21.1 Å². The summed E-state index contributed by atoms with van der Waals surface area (Å²) in [6.07, 6.45) is 8.19. The lowest BCUT2D eigenvalue weighted by Crippen LogP contribution is -2.18. The first-order valence-corrected chi connectivity index (χ1v) is 7.52. The number of unbranched alkanes of at least 4 members (excludes halogenated alkanes) is 1. The van der Waals surface area contributed by atoms with Crippen molar-refractivity contribution < 1.29 is 0 Å². The van der Waals surface area contributed by atoms with Gasteiger partial charge in [-0.2, -0.15) is 0 Å². The third-order valence-electron chi connectivity index (χ3n) is 3.89. The number of hydrogen-bond donors (Lipinski definition) is 0. The zero-order chi connectivity index (χ0) is 14.7. The highest BCUT2D eigenvalue weighted by Crippen LogP contribution is 2.28. The normalized spacial score (nSPS) is 11.0. The van der Waals surface area contributed by atoms with Crippen LogP contribution in [0.2, 0.25) is 0 Å². The Morgan fingerprint density at radius 1 is 1.05 bits per heavy atom. The molecular formula is C18H21N3. The molecule has 0 amide bonds. The van der Waals surface area contributed by atoms with E-state index in [-0.39, 0.29) is 0 Å². The van der Waals surface area contributed by atoms with Gasteiger partial charge in [-0.3, -0.25) is 4.98 Å². The highest BCUT2D eigenvalue weighted by atomic mass is 15.1. The van der Waals surface area contributed by atoms with Crippen molar-refractivity contribution in [3.8, 4) is 0 Å². The fourth-order valence-electron chi connectivity index (χ4n) is 2.68. The Labute approximate surface area is 125 Å². The van der Waals surface area contributed by atoms with Crippen LogP contribution in [0.15, 0.2) is 55.0 Å². The highest BCUT2D eigenvalue weighted by molar-refractivity contribution is 5.85. The fourth-order valence-corrected chi connectivity index (χ4v) is 2.68. The van der Waals surface area contributed by atoms with Gasteiger partial charge in [0, 0.05) is 54.5 Å². The molecule has 0 aliphatic carbocycles. The van der Waals surface area contributed by atoms with Gasteiger partial charge in [0.1, 0.15) is 0 Å². The van der Waals surface area contributed by atoms with Crippen molar-refractivity contribution in [3.05, 3.63) is 55.0 Å². The zero-order valence-electron chi connectivity index (χ0n) is 12.7. The molecule has 0 saturated carbocycles. The van der Waals surface area contributed by atoms with Gasteiger partial charge in [0.05, 0.1) is 0 Å². The molecule has 21 heavy (non-hydrogen) atoms. The van der Waals surface area contributed by atoms with Gasteiger partial charge in [-0.1, -0.05) is 13.3 Å². The van der Waals surface area contributed by atoms with E-state index in [0.29, 0.717) is 0 Å². The van der Waals surface area contributed by atoms with E-state index < -0.39 is 0 Å². The Hall–Kier alpha value is -2.29. The molecule has 0 spiro atoms. The van der Waals surface area contributed by atoms with Crippen molar-refractivity contribution in [1.29, 1.82) is 0 Å². The highest BCUT2D eigenvalue weighted by Gasteiger charge is 2.10. The summed E-state index contributed by atoms with van der Waals surface area (Å²) in [7, 11) is 2.08. The number of anilines is 2. The van der Waals surface area contributed by atoms with Crippen LogP contribution in [0.1, 0.15) is 19.8 Å². The maximum absolute atomic E-state index is 4.13. The molecule has 0 fully saturated rings. The molecule has 3 aromatic rings. The van der Waals surface area contributed by atoms with Crippen LogP contribution in [0.3, 0.4) is 0 Å². The number of hydrogen-bond acceptors (Lipinski definition) is 2. The molecule has 0 N–H and O–H groups in total. The Morgan fingerprint density at radius 3 is 2.62 bits per heavy atom. The van der Waals surface area contributed by atoms with Crippen molar-refractivity contribution in [2.75, 3.05) is 11.4 Å². The Balaban J connectivity index is 2.01. The summed E-state index contributed by atoms with van der Waals surface area (Å²) in [6.45, 7) is 3.25. The molecule has 2 heterocycles. The molecular weight excluding hydrogens is 258 g/mol. The van der Waals surface area contributed by atoms with Crippen LogP contribution < -0.4 is 4.90 Å². The van der Waals surface area contributed by atoms with E-state index in [0.717, 1.165) is 6.54 Å². The second-order valence-corrected chi connectivity index (χ2v) is 5.38. The van der Waals surface area contributed by atoms with Gasteiger partial charge in [0.15, 0.2) is 0 Å². The summed E-state index contributed by atoms with van der Waals surface area (Å²) in [5.74, 6) is 0. The van der Waals surface area contributed by atoms with Gasteiger partial charge in [0.2, 0.25) is 0 Å². The third-order valence-corrected chi connectivity index (χ3v) is 3.89. The van der Waals surface area contributed by atoms with Gasteiger partial charge in [-0.05, 0) is 42.8 Å². The summed E-state index contributed by atoms with van der Waals surface area (Å²) in [5.41, 5.74) is 3.71. The molecule has 0 atom stereocenters. The number of rotatable bonds is 5. The largest absolute Gasteiger partial charge is 0.351 e. The molecule has 3 heteroatoms. The van der Waals surface area contributed by atoms with Crippen molar-refractivity contribution in [2.24, 2.45) is 7.05 Å². The molecule has 1 aromatic carbocycles. The second kappa shape index (κ2) is 6.00. The fraction of sp³-hybridized carbons (Fsp3) is 0.278. The van der Waals surface area contributed by atoms with Crippen molar-refractivity contribution >= 4 is 22.3 Å². The van der Waals surface area contributed by atoms with E-state index in [1.54, 1.807) is 0 Å². The molecule has 0 aliphatic rings. The molecule has 0 aliphatic heterocycles. The van der Waals surface area contributed by atoms with Crippen molar-refractivity contribution in [1.82, 2.24) is 9.55 Å². The average molecular weight is 279 g/mol. The van der Waals surface area contributed by atoms with Gasteiger partial charge in [-0.15, -0.1) is 0 Å². The summed E-state index contributed by atoms with van der Waals surface area (Å²) < 4.78 is 2.15. The molecule has 0 unspecified atom stereocenters. The van der Waals surface area contributed by atoms with E-state index in [1.807, 2.05) is 12.4 Å². The van der Waals surface area contributed by atoms with Crippen LogP contribution in [-0.2, 0) is 7.05 Å². The van der Waals surface area contributed by atoms with Crippen molar-refractivity contribution in [2.45, 2.75) is 19.8 Å². The number of aromatic nitrogens is 2. The van der Waals surface area contributed by atoms with E-state index in [1.165, 1.54) is 35.1 Å². The third kappa shape index (κ3) is 2.77. The number of benzene rings is 1. The SMILES string of the molecule is CCCCN(c1ccncc1)c1ccc2c(ccn2C)c1. The minimum atomic E-state index is 1.03. The van der Waals surface area contributed by atoms with Crippen LogP contribution in [0.4, 0.5) is 11.4 Å². The van der Waals surface area contributed by atoms with Crippen LogP contribution in [0, 0.1) is 0 Å². The summed E-state index contributed by atoms with van der Waals surface area (Å²) in [6, 6.07) is 13.0. The molecule has 2 aromatic heterocycles. The molecule has 3 rings (SSSR count). The lowest BCUT2D eigenvalue weighted by molar-refractivity contribution is 0.785. The minimum Gasteiger partial charge on any atom is -0.351 e. The minimum absolute atomic E-state index is 1.03. The number of aryl methyl sites for hydroxylation is 1. The lowest BCUT2D eigenvalue weighted by atomic mass is 10.2. The first kappa shape index (κ1) is 13.7. The molecule has 0 radical (unpaired) electrons. The summed E-state index contributed by atoms with van der Waals surface area (Å²) in [4.78, 5) is 6.50. The molecule has 0 bridgehead atoms. The predicted octanol–water partition coefficient (Wildman–Crippen LogP) is 4.51. The van der Waals surface area contributed by atoms with E-state index >= 15 is 0 Å². The molecule has 3 nitrogen and oxygen atoms in total. The number of fused-ring (bicyclic) bond motifs is 1. The Kier molecular flexibility index (Phi) is 3.91. The van der Waals surface area contributed by atoms with E-state index in [4.69, 9.17) is 0 Å². The van der Waals surface area contributed by atoms with Gasteiger partial charge >= 0.3 is 0 Å². The summed E-state index contributed by atoms with van der Waals surface area (Å²) in [5, 5.41) is 1.28. The van der Waals surface area contributed by atoms with E-state index in [9.17, 15) is 0 Å². The van der Waals surface area contributed by atoms with Crippen LogP contribution in [0.5, 0.6) is 0 Å². The standard InChI is InChI=1S/C18H21N3/c1-3-4-12-21(16-7-10-19-11-8-16)17-5-6-18-15(14-17)9-13-20(18)2/h5-11,13-14H,3-4,12H2,1-2H3. The quantitative estimate of drug-likeness (QED) is 0.685. The van der Waals surface area contributed by atoms with Crippen molar-refractivity contribution in [3.63, 3.8) is 0 Å². The number of nitrogens with zero attached hydrogens (tertiary/aromatic N) is 3. The maximum Gasteiger partial charge on any atom is 0.0479 e. The van der Waals surface area contributed by atoms with E-state index in [2.05, 4.69) is 71.0 Å². The lowest BCUT2D eigenvalue weighted by Gasteiger charge is -2.25. The molecule has 108 valence electrons. The Bertz CT molecular complexity index is 716. The molecule has 0 saturated heterocycles. The zero-order valence-corrected chi connectivity index (χ0v) is 12.7. The van der Waals surface area contributed by atoms with Gasteiger partial charge in [-0.25, -0.2) is 0 Å². The van der Waals surface area contributed by atoms with Crippen LogP contribution >= 0.6 is 0 Å². The smallest absolute Gasteiger partial charge is 0.0479 e. The predicted molar refractivity (Wildman–Crippen MR) is 89.1 cm³/mol. The van der Waals surface area contributed by atoms with Gasteiger partial charge < -0.3 is 9.47 Å². The average Bonchev–Trinajstić information content (AvgIpc) is 2.90. The van der Waals surface area contributed by atoms with Gasteiger partial charge in [0.25, 0.3) is 0 Å². The second-order valence-electron chi connectivity index (χ2n) is 5.38. The monoisotopic (exact) mass is 279 g/mol. The van der Waals surface area contributed by atoms with Crippen LogP contribution in [-0.4, -0.2) is 16.1 Å². The summed E-state index contributed by atoms with van der Waals surface area (Å²) >= 11 is 0. The first-order valence-electron chi connectivity index (χ1n) is 7.52. The Morgan fingerprint density at radius 2 is 1.86 bits per heavy atom. The number of pyridine rings is 1. The maximum atomic E-state index is 4.13. The van der Waals surface area contributed by atoms with Crippen LogP contribution in [0.25, 0.3) is 10.9 Å².